The zero-order chi connectivity index (χ0) is 20.3. The number of nitro groups is 3. The molecule has 0 fully saturated rings. The highest BCUT2D eigenvalue weighted by Crippen LogP contribution is 2.38. The van der Waals surface area contributed by atoms with Crippen LogP contribution in [0, 0.1) is 37.3 Å². The van der Waals surface area contributed by atoms with Gasteiger partial charge in [-0.1, -0.05) is 0 Å². The minimum absolute atomic E-state index is 0.0190. The summed E-state index contributed by atoms with van der Waals surface area (Å²) in [5.74, 6) is -1.19. The second-order valence-corrected chi connectivity index (χ2v) is 5.27. The number of aromatic hydroxyl groups is 1. The molecular weight excluding hydrogens is 366 g/mol. The first kappa shape index (κ1) is 19.2. The summed E-state index contributed by atoms with van der Waals surface area (Å²) in [6.07, 6.45) is 1.75. The number of aromatic nitrogens is 1. The van der Waals surface area contributed by atoms with Crippen molar-refractivity contribution in [2.24, 2.45) is 0 Å². The Morgan fingerprint density at radius 3 is 2.07 bits per heavy atom. The maximum Gasteiger partial charge on any atom is 0.324 e. The Labute approximate surface area is 149 Å². The predicted octanol–water partition coefficient (Wildman–Crippen LogP) is 1.75. The number of hydrogen-bond acceptors (Lipinski definition) is 9. The van der Waals surface area contributed by atoms with E-state index in [0.29, 0.717) is 18.7 Å². The van der Waals surface area contributed by atoms with Gasteiger partial charge in [0.1, 0.15) is 0 Å². The third-order valence-corrected chi connectivity index (χ3v) is 3.47. The minimum Gasteiger partial charge on any atom is -0.497 e. The summed E-state index contributed by atoms with van der Waals surface area (Å²) < 4.78 is 0. The number of carbonyl (C=O) groups excluding carboxylic acids is 1. The Morgan fingerprint density at radius 2 is 1.59 bits per heavy atom. The van der Waals surface area contributed by atoms with Crippen LogP contribution >= 0.6 is 0 Å². The maximum atomic E-state index is 11.1. The van der Waals surface area contributed by atoms with Crippen molar-refractivity contribution in [3.8, 4) is 5.75 Å². The molecule has 1 aromatic carbocycles. The number of non-ortho nitro benzene ring substituents is 1. The van der Waals surface area contributed by atoms with Gasteiger partial charge < -0.3 is 10.4 Å². The summed E-state index contributed by atoms with van der Waals surface area (Å²) in [7, 11) is 0. The Morgan fingerprint density at radius 1 is 1.04 bits per heavy atom. The van der Waals surface area contributed by atoms with Gasteiger partial charge in [0, 0.05) is 29.6 Å². The van der Waals surface area contributed by atoms with Gasteiger partial charge in [-0.15, -0.1) is 0 Å². The third-order valence-electron chi connectivity index (χ3n) is 3.47. The first-order valence-electron chi connectivity index (χ1n) is 7.15. The lowest BCUT2D eigenvalue weighted by Gasteiger charge is -1.97. The van der Waals surface area contributed by atoms with E-state index in [-0.39, 0.29) is 5.91 Å². The average molecular weight is 377 g/mol. The fourth-order valence-corrected chi connectivity index (χ4v) is 2.18. The molecule has 0 saturated carbocycles. The number of nitrogens with one attached hydrogen (secondary N) is 1. The van der Waals surface area contributed by atoms with Crippen molar-refractivity contribution >= 4 is 23.0 Å². The van der Waals surface area contributed by atoms with E-state index < -0.39 is 37.6 Å². The molecule has 1 amide bonds. The van der Waals surface area contributed by atoms with Gasteiger partial charge in [0.15, 0.2) is 0 Å². The molecule has 0 aliphatic carbocycles. The van der Waals surface area contributed by atoms with E-state index in [1.54, 1.807) is 6.20 Å². The van der Waals surface area contributed by atoms with Crippen LogP contribution in [0.2, 0.25) is 0 Å². The molecule has 1 aromatic heterocycles. The van der Waals surface area contributed by atoms with Crippen molar-refractivity contribution in [2.75, 3.05) is 0 Å². The smallest absolute Gasteiger partial charge is 0.324 e. The molecule has 13 heteroatoms. The molecular formula is C14H11N5O8. The number of phenols is 1. The zero-order valence-corrected chi connectivity index (χ0v) is 13.6. The standard InChI is InChI=1S/C8H8N2O.C6H3N3O7/c1-5-2-7-6(3-9-5)4-10-8(7)11;10-6-4(8(13)14)1-3(7(11)12)2-5(6)9(15)16/h2-3H,4H2,1H3,(H,10,11);1-2,10H. The largest absolute Gasteiger partial charge is 0.497 e. The van der Waals surface area contributed by atoms with Gasteiger partial charge in [-0.25, -0.2) is 0 Å². The minimum atomic E-state index is -1.21. The number of hydrogen-bond donors (Lipinski definition) is 2. The predicted molar refractivity (Wildman–Crippen MR) is 88.2 cm³/mol. The first-order valence-corrected chi connectivity index (χ1v) is 7.15. The monoisotopic (exact) mass is 377 g/mol. The number of carbonyl (C=O) groups is 1. The molecule has 0 spiro atoms. The second-order valence-electron chi connectivity index (χ2n) is 5.27. The molecule has 0 bridgehead atoms. The van der Waals surface area contributed by atoms with Crippen molar-refractivity contribution in [1.82, 2.24) is 10.3 Å². The van der Waals surface area contributed by atoms with Crippen molar-refractivity contribution in [3.63, 3.8) is 0 Å². The quantitative estimate of drug-likeness (QED) is 0.592. The van der Waals surface area contributed by atoms with Gasteiger partial charge in [-0.05, 0) is 13.0 Å². The Balaban J connectivity index is 0.000000206. The molecule has 140 valence electrons. The van der Waals surface area contributed by atoms with Crippen molar-refractivity contribution in [3.05, 3.63) is 71.6 Å². The molecule has 1 aliphatic rings. The van der Waals surface area contributed by atoms with Crippen LogP contribution in [-0.2, 0) is 6.54 Å². The van der Waals surface area contributed by atoms with E-state index >= 15 is 0 Å². The molecule has 13 nitrogen and oxygen atoms in total. The van der Waals surface area contributed by atoms with E-state index in [1.165, 1.54) is 0 Å². The van der Waals surface area contributed by atoms with E-state index in [1.807, 2.05) is 13.0 Å². The van der Waals surface area contributed by atoms with Crippen LogP contribution in [0.15, 0.2) is 24.4 Å². The van der Waals surface area contributed by atoms with Gasteiger partial charge in [-0.2, -0.15) is 0 Å². The Bertz CT molecular complexity index is 939. The van der Waals surface area contributed by atoms with Gasteiger partial charge in [-0.3, -0.25) is 40.1 Å². The summed E-state index contributed by atoms with van der Waals surface area (Å²) in [6, 6.07) is 2.71. The van der Waals surface area contributed by atoms with Crippen LogP contribution in [0.3, 0.4) is 0 Å². The Kier molecular flexibility index (Phi) is 5.24. The number of nitrogens with zero attached hydrogens (tertiary/aromatic N) is 4. The van der Waals surface area contributed by atoms with Crippen LogP contribution in [0.25, 0.3) is 0 Å². The number of fused-ring (bicyclic) bond motifs is 1. The molecule has 0 saturated heterocycles. The van der Waals surface area contributed by atoms with E-state index in [2.05, 4.69) is 10.3 Å². The molecule has 27 heavy (non-hydrogen) atoms. The molecule has 0 unspecified atom stereocenters. The lowest BCUT2D eigenvalue weighted by Crippen LogP contribution is -2.12. The topological polar surface area (TPSA) is 192 Å². The van der Waals surface area contributed by atoms with Gasteiger partial charge >= 0.3 is 11.4 Å². The van der Waals surface area contributed by atoms with Crippen molar-refractivity contribution in [2.45, 2.75) is 13.5 Å². The van der Waals surface area contributed by atoms with Gasteiger partial charge in [0.05, 0.1) is 26.9 Å². The molecule has 2 aromatic rings. The average Bonchev–Trinajstić information content (AvgIpc) is 2.95. The highest BCUT2D eigenvalue weighted by molar-refractivity contribution is 5.98. The lowest BCUT2D eigenvalue weighted by molar-refractivity contribution is -0.404. The fourth-order valence-electron chi connectivity index (χ4n) is 2.18. The van der Waals surface area contributed by atoms with E-state index in [9.17, 15) is 35.1 Å². The molecule has 3 rings (SSSR count). The number of phenolic OH excluding ortho intramolecular Hbond substituents is 1. The highest BCUT2D eigenvalue weighted by Gasteiger charge is 2.30. The van der Waals surface area contributed by atoms with Crippen LogP contribution in [0.5, 0.6) is 5.75 Å². The lowest BCUT2D eigenvalue weighted by atomic mass is 10.1. The highest BCUT2D eigenvalue weighted by atomic mass is 16.6. The van der Waals surface area contributed by atoms with Crippen LogP contribution in [-0.4, -0.2) is 30.8 Å². The number of nitro benzene ring substituents is 3. The molecule has 0 radical (unpaired) electrons. The first-order chi connectivity index (χ1) is 12.6. The summed E-state index contributed by atoms with van der Waals surface area (Å²) in [6.45, 7) is 2.51. The summed E-state index contributed by atoms with van der Waals surface area (Å²) in [5.41, 5.74) is -0.336. The fraction of sp³-hybridized carbons (Fsp3) is 0.143. The van der Waals surface area contributed by atoms with Crippen LogP contribution in [0.1, 0.15) is 21.6 Å². The zero-order valence-electron chi connectivity index (χ0n) is 13.6. The number of amides is 1. The Hall–Kier alpha value is -4.16. The van der Waals surface area contributed by atoms with Crippen LogP contribution in [0.4, 0.5) is 17.1 Å². The summed E-state index contributed by atoms with van der Waals surface area (Å²) >= 11 is 0. The summed E-state index contributed by atoms with van der Waals surface area (Å²) in [4.78, 5) is 42.9. The number of benzene rings is 1. The van der Waals surface area contributed by atoms with Crippen LogP contribution < -0.4 is 5.32 Å². The van der Waals surface area contributed by atoms with Crippen molar-refractivity contribution < 1.29 is 24.7 Å². The number of rotatable bonds is 3. The van der Waals surface area contributed by atoms with Gasteiger partial charge in [0.2, 0.25) is 0 Å². The molecule has 2 N–H and O–H groups in total. The normalized spacial score (nSPS) is 11.7. The molecule has 1 aliphatic heterocycles. The second kappa shape index (κ2) is 7.38. The third kappa shape index (κ3) is 4.09. The summed E-state index contributed by atoms with van der Waals surface area (Å²) in [5, 5.41) is 42.9. The van der Waals surface area contributed by atoms with Gasteiger partial charge in [0.25, 0.3) is 17.3 Å². The molecule has 0 atom stereocenters. The van der Waals surface area contributed by atoms with E-state index in [0.717, 1.165) is 16.8 Å². The van der Waals surface area contributed by atoms with E-state index in [4.69, 9.17) is 5.11 Å². The van der Waals surface area contributed by atoms with Crippen molar-refractivity contribution in [1.29, 1.82) is 0 Å². The molecule has 2 heterocycles. The maximum absolute atomic E-state index is 11.1. The number of pyridine rings is 1. The number of aryl methyl sites for hydroxylation is 1. The SMILES string of the molecule is Cc1cc2c(cn1)CNC2=O.O=[N+]([O-])c1cc([N+](=O)[O-])c(O)c([N+](=O)[O-])c1.